The Morgan fingerprint density at radius 3 is 2.79 bits per heavy atom. The van der Waals surface area contributed by atoms with Crippen molar-refractivity contribution in [3.05, 3.63) is 17.5 Å². The second-order valence-electron chi connectivity index (χ2n) is 5.15. The number of fused-ring (bicyclic) bond motifs is 1. The highest BCUT2D eigenvalue weighted by Crippen LogP contribution is 2.26. The average Bonchev–Trinajstić information content (AvgIpc) is 2.74. The van der Waals surface area contributed by atoms with Gasteiger partial charge in [0.15, 0.2) is 5.82 Å². The van der Waals surface area contributed by atoms with Gasteiger partial charge in [0, 0.05) is 19.3 Å². The van der Waals surface area contributed by atoms with Crippen LogP contribution in [0.3, 0.4) is 0 Å². The first-order valence-corrected chi connectivity index (χ1v) is 6.94. The van der Waals surface area contributed by atoms with Crippen molar-refractivity contribution in [3.8, 4) is 0 Å². The van der Waals surface area contributed by atoms with Crippen LogP contribution in [-0.2, 0) is 7.05 Å². The summed E-state index contributed by atoms with van der Waals surface area (Å²) in [7, 11) is 1.97. The summed E-state index contributed by atoms with van der Waals surface area (Å²) in [5.41, 5.74) is 1.82. The van der Waals surface area contributed by atoms with Gasteiger partial charge in [0.2, 0.25) is 5.28 Å². The van der Waals surface area contributed by atoms with E-state index in [4.69, 9.17) is 11.6 Å². The molecular formula is C13H17ClN4O. The number of aromatic nitrogens is 3. The highest BCUT2D eigenvalue weighted by molar-refractivity contribution is 6.28. The number of halogens is 1. The van der Waals surface area contributed by atoms with Gasteiger partial charge in [-0.25, -0.2) is 4.98 Å². The van der Waals surface area contributed by atoms with Crippen LogP contribution in [0.15, 0.2) is 12.3 Å². The zero-order valence-electron chi connectivity index (χ0n) is 10.8. The number of nitrogens with zero attached hydrogens (tertiary/aromatic N) is 3. The van der Waals surface area contributed by atoms with E-state index >= 15 is 0 Å². The number of hydrogen-bond donors (Lipinski definition) is 2. The van der Waals surface area contributed by atoms with Crippen LogP contribution in [0.5, 0.6) is 0 Å². The molecule has 0 aliphatic heterocycles. The lowest BCUT2D eigenvalue weighted by Crippen LogP contribution is -2.28. The van der Waals surface area contributed by atoms with Crippen LogP contribution in [0.1, 0.15) is 25.7 Å². The molecular weight excluding hydrogens is 264 g/mol. The van der Waals surface area contributed by atoms with Gasteiger partial charge in [-0.15, -0.1) is 0 Å². The van der Waals surface area contributed by atoms with Crippen LogP contribution in [0.25, 0.3) is 11.0 Å². The molecule has 1 aliphatic carbocycles. The lowest BCUT2D eigenvalue weighted by atomic mass is 9.93. The van der Waals surface area contributed by atoms with Crippen LogP contribution in [0.4, 0.5) is 5.82 Å². The Balaban J connectivity index is 1.89. The van der Waals surface area contributed by atoms with Crippen molar-refractivity contribution in [2.24, 2.45) is 7.05 Å². The number of anilines is 1. The minimum absolute atomic E-state index is 0.151. The smallest absolute Gasteiger partial charge is 0.225 e. The van der Waals surface area contributed by atoms with Gasteiger partial charge in [-0.05, 0) is 43.4 Å². The van der Waals surface area contributed by atoms with Crippen molar-refractivity contribution in [3.63, 3.8) is 0 Å². The summed E-state index contributed by atoms with van der Waals surface area (Å²) in [6, 6.07) is 2.27. The van der Waals surface area contributed by atoms with Gasteiger partial charge < -0.3 is 15.0 Å². The molecule has 0 bridgehead atoms. The highest BCUT2D eigenvalue weighted by Gasteiger charge is 2.21. The maximum Gasteiger partial charge on any atom is 0.225 e. The van der Waals surface area contributed by atoms with E-state index in [0.29, 0.717) is 6.04 Å². The zero-order chi connectivity index (χ0) is 13.4. The van der Waals surface area contributed by atoms with Crippen LogP contribution < -0.4 is 5.32 Å². The molecule has 0 radical (unpaired) electrons. The molecule has 19 heavy (non-hydrogen) atoms. The average molecular weight is 281 g/mol. The summed E-state index contributed by atoms with van der Waals surface area (Å²) < 4.78 is 1.99. The molecule has 2 aromatic rings. The van der Waals surface area contributed by atoms with Crippen molar-refractivity contribution in [2.45, 2.75) is 37.8 Å². The first-order valence-electron chi connectivity index (χ1n) is 6.56. The molecule has 0 unspecified atom stereocenters. The molecule has 5 nitrogen and oxygen atoms in total. The number of rotatable bonds is 2. The number of aliphatic hydroxyl groups excluding tert-OH is 1. The Morgan fingerprint density at radius 1 is 1.32 bits per heavy atom. The molecule has 3 rings (SSSR count). The molecule has 6 heteroatoms. The van der Waals surface area contributed by atoms with Gasteiger partial charge in [-0.2, -0.15) is 4.98 Å². The van der Waals surface area contributed by atoms with Gasteiger partial charge in [0.25, 0.3) is 0 Å². The maximum absolute atomic E-state index is 9.54. The van der Waals surface area contributed by atoms with Crippen LogP contribution in [0, 0.1) is 0 Å². The summed E-state index contributed by atoms with van der Waals surface area (Å²) in [5, 5.41) is 13.2. The number of nitrogens with one attached hydrogen (secondary N) is 1. The Morgan fingerprint density at radius 2 is 2.05 bits per heavy atom. The minimum atomic E-state index is -0.151. The standard InChI is InChI=1S/C13H17ClN4O/c1-18-7-6-10-11(18)12(17-13(14)16-10)15-8-2-4-9(19)5-3-8/h6-9,19H,2-5H2,1H3,(H,15,16,17). The SMILES string of the molecule is Cn1ccc2nc(Cl)nc(NC3CCC(O)CC3)c21. The van der Waals surface area contributed by atoms with Crippen molar-refractivity contribution >= 4 is 28.5 Å². The predicted octanol–water partition coefficient (Wildman–Crippen LogP) is 2.34. The predicted molar refractivity (Wildman–Crippen MR) is 75.4 cm³/mol. The van der Waals surface area contributed by atoms with Gasteiger partial charge in [-0.1, -0.05) is 0 Å². The zero-order valence-corrected chi connectivity index (χ0v) is 11.6. The molecule has 0 aromatic carbocycles. The van der Waals surface area contributed by atoms with Crippen molar-refractivity contribution < 1.29 is 5.11 Å². The van der Waals surface area contributed by atoms with E-state index in [1.54, 1.807) is 0 Å². The molecule has 1 fully saturated rings. The summed E-state index contributed by atoms with van der Waals surface area (Å²) in [5.74, 6) is 0.781. The van der Waals surface area contributed by atoms with Crippen LogP contribution in [-0.4, -0.2) is 31.8 Å². The largest absolute Gasteiger partial charge is 0.393 e. The Hall–Kier alpha value is -1.33. The van der Waals surface area contributed by atoms with Gasteiger partial charge in [0.05, 0.1) is 11.6 Å². The van der Waals surface area contributed by atoms with Crippen molar-refractivity contribution in [1.29, 1.82) is 0 Å². The van der Waals surface area contributed by atoms with Gasteiger partial charge in [0.1, 0.15) is 5.52 Å². The first-order chi connectivity index (χ1) is 9.13. The van der Waals surface area contributed by atoms with E-state index in [1.165, 1.54) is 0 Å². The fraction of sp³-hybridized carbons (Fsp3) is 0.538. The quantitative estimate of drug-likeness (QED) is 0.829. The van der Waals surface area contributed by atoms with Crippen molar-refractivity contribution in [1.82, 2.24) is 14.5 Å². The molecule has 2 aromatic heterocycles. The van der Waals surface area contributed by atoms with Crippen LogP contribution >= 0.6 is 11.6 Å². The van der Waals surface area contributed by atoms with E-state index in [-0.39, 0.29) is 11.4 Å². The molecule has 0 spiro atoms. The lowest BCUT2D eigenvalue weighted by Gasteiger charge is -2.26. The minimum Gasteiger partial charge on any atom is -0.393 e. The summed E-state index contributed by atoms with van der Waals surface area (Å²) in [6.07, 6.45) is 5.39. The van der Waals surface area contributed by atoms with E-state index < -0.39 is 0 Å². The van der Waals surface area contributed by atoms with Gasteiger partial charge in [-0.3, -0.25) is 0 Å². The van der Waals surface area contributed by atoms with Crippen molar-refractivity contribution in [2.75, 3.05) is 5.32 Å². The summed E-state index contributed by atoms with van der Waals surface area (Å²) in [6.45, 7) is 0. The molecule has 1 aliphatic rings. The Kier molecular flexibility index (Phi) is 3.33. The number of aliphatic hydroxyl groups is 1. The maximum atomic E-state index is 9.54. The van der Waals surface area contributed by atoms with E-state index in [2.05, 4.69) is 15.3 Å². The molecule has 0 saturated heterocycles. The van der Waals surface area contributed by atoms with E-state index in [1.807, 2.05) is 23.9 Å². The fourth-order valence-corrected chi connectivity index (χ4v) is 2.85. The molecule has 0 amide bonds. The molecule has 2 heterocycles. The molecule has 1 saturated carbocycles. The Labute approximate surface area is 116 Å². The Bertz CT molecular complexity index is 590. The number of aryl methyl sites for hydroxylation is 1. The third-order valence-corrected chi connectivity index (χ3v) is 3.90. The van der Waals surface area contributed by atoms with Gasteiger partial charge >= 0.3 is 0 Å². The monoisotopic (exact) mass is 280 g/mol. The van der Waals surface area contributed by atoms with Crippen LogP contribution in [0.2, 0.25) is 5.28 Å². The molecule has 2 N–H and O–H groups in total. The fourth-order valence-electron chi connectivity index (χ4n) is 2.68. The molecule has 0 atom stereocenters. The second kappa shape index (κ2) is 4.98. The van der Waals surface area contributed by atoms with E-state index in [0.717, 1.165) is 42.5 Å². The second-order valence-corrected chi connectivity index (χ2v) is 5.49. The van der Waals surface area contributed by atoms with E-state index in [9.17, 15) is 5.11 Å². The molecule has 102 valence electrons. The third-order valence-electron chi connectivity index (χ3n) is 3.73. The first kappa shape index (κ1) is 12.7. The summed E-state index contributed by atoms with van der Waals surface area (Å²) in [4.78, 5) is 8.52. The summed E-state index contributed by atoms with van der Waals surface area (Å²) >= 11 is 5.96. The topological polar surface area (TPSA) is 63.0 Å². The number of hydrogen-bond acceptors (Lipinski definition) is 4. The third kappa shape index (κ3) is 2.53. The highest BCUT2D eigenvalue weighted by atomic mass is 35.5. The normalized spacial score (nSPS) is 23.7. The lowest BCUT2D eigenvalue weighted by molar-refractivity contribution is 0.126.